The number of sulfone groups is 1. The second kappa shape index (κ2) is 7.24. The van der Waals surface area contributed by atoms with E-state index in [-0.39, 0.29) is 29.6 Å². The van der Waals surface area contributed by atoms with E-state index in [2.05, 4.69) is 5.32 Å². The fraction of sp³-hybridized carbons (Fsp3) is 0.267. The lowest BCUT2D eigenvalue weighted by molar-refractivity contribution is 0.0919. The van der Waals surface area contributed by atoms with E-state index >= 15 is 0 Å². The summed E-state index contributed by atoms with van der Waals surface area (Å²) in [7, 11) is -1.88. The minimum atomic E-state index is -3.41. The monoisotopic (exact) mass is 323 g/mol. The molecule has 1 heterocycles. The Bertz CT molecular complexity index is 721. The molecule has 6 nitrogen and oxygen atoms in total. The number of carbonyl (C=O) groups is 1. The van der Waals surface area contributed by atoms with Crippen molar-refractivity contribution in [2.24, 2.45) is 0 Å². The van der Waals surface area contributed by atoms with Crippen molar-refractivity contribution in [3.8, 4) is 0 Å². The number of nitrogens with one attached hydrogen (secondary N) is 1. The van der Waals surface area contributed by atoms with E-state index < -0.39 is 15.7 Å². The first-order chi connectivity index (χ1) is 10.5. The lowest BCUT2D eigenvalue weighted by Crippen LogP contribution is -2.28. The zero-order chi connectivity index (χ0) is 16.0. The average Bonchev–Trinajstić information content (AvgIpc) is 2.97. The van der Waals surface area contributed by atoms with Gasteiger partial charge in [0, 0.05) is 13.7 Å². The molecule has 0 fully saturated rings. The van der Waals surface area contributed by atoms with Crippen molar-refractivity contribution >= 4 is 15.7 Å². The van der Waals surface area contributed by atoms with Gasteiger partial charge in [-0.05, 0) is 24.3 Å². The highest BCUT2D eigenvalue weighted by Gasteiger charge is 2.15. The van der Waals surface area contributed by atoms with Crippen LogP contribution in [0.2, 0.25) is 0 Å². The fourth-order valence-corrected chi connectivity index (χ4v) is 3.03. The Morgan fingerprint density at radius 1 is 1.18 bits per heavy atom. The standard InChI is InChI=1S/C15H17NO5S/c1-20-11-12-7-8-14(21-12)15(17)16-9-10-22(18,19)13-5-3-2-4-6-13/h2-8H,9-11H2,1H3,(H,16,17). The maximum Gasteiger partial charge on any atom is 0.287 e. The molecule has 0 aliphatic heterocycles. The van der Waals surface area contributed by atoms with Crippen LogP contribution in [0.25, 0.3) is 0 Å². The van der Waals surface area contributed by atoms with E-state index in [4.69, 9.17) is 9.15 Å². The van der Waals surface area contributed by atoms with Gasteiger partial charge in [-0.2, -0.15) is 0 Å². The molecule has 0 spiro atoms. The predicted molar refractivity (Wildman–Crippen MR) is 80.2 cm³/mol. The number of carbonyl (C=O) groups excluding carboxylic acids is 1. The third-order valence-corrected chi connectivity index (χ3v) is 4.66. The predicted octanol–water partition coefficient (Wildman–Crippen LogP) is 1.63. The molecular weight excluding hydrogens is 306 g/mol. The molecule has 0 saturated carbocycles. The minimum Gasteiger partial charge on any atom is -0.453 e. The lowest BCUT2D eigenvalue weighted by Gasteiger charge is -2.05. The van der Waals surface area contributed by atoms with Gasteiger partial charge in [-0.25, -0.2) is 8.42 Å². The number of hydrogen-bond acceptors (Lipinski definition) is 5. The maximum absolute atomic E-state index is 12.0. The number of benzene rings is 1. The first kappa shape index (κ1) is 16.3. The van der Waals surface area contributed by atoms with Crippen LogP contribution in [-0.2, 0) is 21.2 Å². The molecule has 1 N–H and O–H groups in total. The smallest absolute Gasteiger partial charge is 0.287 e. The lowest BCUT2D eigenvalue weighted by atomic mass is 10.4. The Labute approximate surface area is 129 Å². The number of rotatable bonds is 7. The van der Waals surface area contributed by atoms with Crippen molar-refractivity contribution in [3.05, 3.63) is 54.0 Å². The molecule has 0 aliphatic carbocycles. The molecule has 0 unspecified atom stereocenters. The molecule has 0 aliphatic rings. The topological polar surface area (TPSA) is 85.6 Å². The van der Waals surface area contributed by atoms with E-state index in [1.54, 1.807) is 24.3 Å². The van der Waals surface area contributed by atoms with Gasteiger partial charge in [0.1, 0.15) is 12.4 Å². The molecule has 118 valence electrons. The van der Waals surface area contributed by atoms with Crippen molar-refractivity contribution < 1.29 is 22.4 Å². The SMILES string of the molecule is COCc1ccc(C(=O)NCCS(=O)(=O)c2ccccc2)o1. The fourth-order valence-electron chi connectivity index (χ4n) is 1.85. The normalized spacial score (nSPS) is 11.3. The van der Waals surface area contributed by atoms with E-state index in [1.165, 1.54) is 25.3 Å². The van der Waals surface area contributed by atoms with Gasteiger partial charge in [0.2, 0.25) is 0 Å². The summed E-state index contributed by atoms with van der Waals surface area (Å²) in [5.41, 5.74) is 0. The van der Waals surface area contributed by atoms with Crippen molar-refractivity contribution in [2.75, 3.05) is 19.4 Å². The Morgan fingerprint density at radius 3 is 2.59 bits per heavy atom. The molecule has 0 atom stereocenters. The van der Waals surface area contributed by atoms with Gasteiger partial charge in [0.25, 0.3) is 5.91 Å². The molecule has 0 radical (unpaired) electrons. The molecule has 22 heavy (non-hydrogen) atoms. The largest absolute Gasteiger partial charge is 0.453 e. The highest BCUT2D eigenvalue weighted by atomic mass is 32.2. The number of ether oxygens (including phenoxy) is 1. The minimum absolute atomic E-state index is 0.0103. The maximum atomic E-state index is 12.0. The van der Waals surface area contributed by atoms with Crippen molar-refractivity contribution in [3.63, 3.8) is 0 Å². The summed E-state index contributed by atoms with van der Waals surface area (Å²) in [5.74, 6) is 0.0355. The van der Waals surface area contributed by atoms with Crippen LogP contribution >= 0.6 is 0 Å². The first-order valence-corrected chi connectivity index (χ1v) is 8.32. The third-order valence-electron chi connectivity index (χ3n) is 2.93. The summed E-state index contributed by atoms with van der Waals surface area (Å²) in [6, 6.07) is 11.3. The summed E-state index contributed by atoms with van der Waals surface area (Å²) >= 11 is 0. The van der Waals surface area contributed by atoms with Crippen molar-refractivity contribution in [2.45, 2.75) is 11.5 Å². The van der Waals surface area contributed by atoms with Gasteiger partial charge < -0.3 is 14.5 Å². The van der Waals surface area contributed by atoms with E-state index in [0.29, 0.717) is 5.76 Å². The number of methoxy groups -OCH3 is 1. The van der Waals surface area contributed by atoms with Crippen LogP contribution in [0.15, 0.2) is 51.8 Å². The van der Waals surface area contributed by atoms with E-state index in [0.717, 1.165) is 0 Å². The van der Waals surface area contributed by atoms with Crippen molar-refractivity contribution in [1.82, 2.24) is 5.32 Å². The Hall–Kier alpha value is -2.12. The summed E-state index contributed by atoms with van der Waals surface area (Å²) in [4.78, 5) is 12.1. The highest BCUT2D eigenvalue weighted by molar-refractivity contribution is 7.91. The molecular formula is C15H17NO5S. The van der Waals surface area contributed by atoms with Crippen molar-refractivity contribution in [1.29, 1.82) is 0 Å². The van der Waals surface area contributed by atoms with Crippen LogP contribution < -0.4 is 5.32 Å². The molecule has 0 saturated heterocycles. The van der Waals surface area contributed by atoms with Crippen LogP contribution in [0.5, 0.6) is 0 Å². The summed E-state index contributed by atoms with van der Waals surface area (Å²) in [6.07, 6.45) is 0. The van der Waals surface area contributed by atoms with Crippen LogP contribution in [0.3, 0.4) is 0 Å². The molecule has 0 bridgehead atoms. The number of furan rings is 1. The first-order valence-electron chi connectivity index (χ1n) is 6.66. The summed E-state index contributed by atoms with van der Waals surface area (Å²) in [5, 5.41) is 2.53. The van der Waals surface area contributed by atoms with Gasteiger partial charge in [-0.15, -0.1) is 0 Å². The van der Waals surface area contributed by atoms with Gasteiger partial charge in [-0.1, -0.05) is 18.2 Å². The van der Waals surface area contributed by atoms with Crippen LogP contribution in [0, 0.1) is 0 Å². The van der Waals surface area contributed by atoms with Gasteiger partial charge >= 0.3 is 0 Å². The highest BCUT2D eigenvalue weighted by Crippen LogP contribution is 2.10. The zero-order valence-corrected chi connectivity index (χ0v) is 12.9. The van der Waals surface area contributed by atoms with E-state index in [1.807, 2.05) is 0 Å². The van der Waals surface area contributed by atoms with Crippen LogP contribution in [0.4, 0.5) is 0 Å². The number of hydrogen-bond donors (Lipinski definition) is 1. The van der Waals surface area contributed by atoms with E-state index in [9.17, 15) is 13.2 Å². The molecule has 7 heteroatoms. The third kappa shape index (κ3) is 4.19. The molecule has 2 rings (SSSR count). The Morgan fingerprint density at radius 2 is 1.91 bits per heavy atom. The van der Waals surface area contributed by atoms with Crippen LogP contribution in [0.1, 0.15) is 16.3 Å². The summed E-state index contributed by atoms with van der Waals surface area (Å²) < 4.78 is 34.3. The second-order valence-electron chi connectivity index (χ2n) is 4.59. The molecule has 1 amide bonds. The van der Waals surface area contributed by atoms with Gasteiger partial charge in [0.05, 0.1) is 10.6 Å². The Balaban J connectivity index is 1.89. The number of amides is 1. The molecule has 1 aromatic carbocycles. The summed E-state index contributed by atoms with van der Waals surface area (Å²) in [6.45, 7) is 0.284. The molecule has 2 aromatic rings. The average molecular weight is 323 g/mol. The zero-order valence-electron chi connectivity index (χ0n) is 12.1. The second-order valence-corrected chi connectivity index (χ2v) is 6.70. The van der Waals surface area contributed by atoms with Gasteiger partial charge in [-0.3, -0.25) is 4.79 Å². The molecule has 1 aromatic heterocycles. The van der Waals surface area contributed by atoms with Gasteiger partial charge in [0.15, 0.2) is 15.6 Å². The quantitative estimate of drug-likeness (QED) is 0.837. The van der Waals surface area contributed by atoms with Crippen LogP contribution in [-0.4, -0.2) is 33.7 Å². The Kier molecular flexibility index (Phi) is 5.35.